The molecule has 2 heterocycles. The molecule has 3 unspecified atom stereocenters. The highest BCUT2D eigenvalue weighted by Crippen LogP contribution is 2.36. The maximum Gasteiger partial charge on any atom is 0.191 e. The number of hydrogen-bond acceptors (Lipinski definition) is 5. The molecule has 166 valence electrons. The minimum Gasteiger partial charge on any atom is -0.392 e. The third-order valence-corrected chi connectivity index (χ3v) is 7.02. The number of thiophene rings is 1. The fourth-order valence-electron chi connectivity index (χ4n) is 4.14. The minimum absolute atomic E-state index is 0. The predicted octanol–water partition coefficient (Wildman–Crippen LogP) is 3.24. The number of hydrogen-bond donors (Lipinski definition) is 3. The third kappa shape index (κ3) is 7.05. The molecule has 2 fully saturated rings. The summed E-state index contributed by atoms with van der Waals surface area (Å²) in [5.74, 6) is 0.844. The average molecular weight is 537 g/mol. The molecule has 6 nitrogen and oxygen atoms in total. The summed E-state index contributed by atoms with van der Waals surface area (Å²) in [5.41, 5.74) is -0.113. The number of rotatable bonds is 7. The van der Waals surface area contributed by atoms with Gasteiger partial charge in [-0.05, 0) is 31.2 Å². The Morgan fingerprint density at radius 2 is 2.17 bits per heavy atom. The van der Waals surface area contributed by atoms with E-state index in [9.17, 15) is 5.11 Å². The lowest BCUT2D eigenvalue weighted by Gasteiger charge is -2.37. The van der Waals surface area contributed by atoms with Gasteiger partial charge in [-0.15, -0.1) is 35.3 Å². The van der Waals surface area contributed by atoms with Crippen LogP contribution in [-0.2, 0) is 4.74 Å². The lowest BCUT2D eigenvalue weighted by atomic mass is 9.73. The SMILES string of the molecule is CCNC(=NCC1(C)CCCCC1O)NCC(c1cccs1)N1CCOCC1.I. The summed E-state index contributed by atoms with van der Waals surface area (Å²) in [7, 11) is 0. The smallest absolute Gasteiger partial charge is 0.191 e. The normalized spacial score (nSPS) is 27.1. The first-order valence-electron chi connectivity index (χ1n) is 10.7. The number of morpholine rings is 1. The summed E-state index contributed by atoms with van der Waals surface area (Å²) in [5, 5.41) is 19.5. The highest BCUT2D eigenvalue weighted by atomic mass is 127. The maximum atomic E-state index is 10.5. The van der Waals surface area contributed by atoms with Crippen LogP contribution in [0.1, 0.15) is 50.4 Å². The first-order chi connectivity index (χ1) is 13.6. The van der Waals surface area contributed by atoms with E-state index in [-0.39, 0.29) is 35.5 Å². The van der Waals surface area contributed by atoms with Crippen molar-refractivity contribution in [1.29, 1.82) is 0 Å². The molecule has 1 aliphatic heterocycles. The van der Waals surface area contributed by atoms with Gasteiger partial charge >= 0.3 is 0 Å². The molecule has 2 aliphatic rings. The number of halogens is 1. The van der Waals surface area contributed by atoms with Gasteiger partial charge in [-0.2, -0.15) is 0 Å². The van der Waals surface area contributed by atoms with Gasteiger partial charge in [-0.1, -0.05) is 25.8 Å². The van der Waals surface area contributed by atoms with Crippen molar-refractivity contribution in [2.45, 2.75) is 51.7 Å². The van der Waals surface area contributed by atoms with Gasteiger partial charge in [0.05, 0.1) is 31.9 Å². The fraction of sp³-hybridized carbons (Fsp3) is 0.762. The van der Waals surface area contributed by atoms with E-state index in [0.717, 1.165) is 64.6 Å². The summed E-state index contributed by atoms with van der Waals surface area (Å²) < 4.78 is 5.54. The first kappa shape index (κ1) is 24.8. The van der Waals surface area contributed by atoms with Crippen LogP contribution in [0.3, 0.4) is 0 Å². The number of guanidine groups is 1. The van der Waals surface area contributed by atoms with Crippen LogP contribution in [0.25, 0.3) is 0 Å². The van der Waals surface area contributed by atoms with Crippen molar-refractivity contribution >= 4 is 41.3 Å². The van der Waals surface area contributed by atoms with Crippen molar-refractivity contribution in [3.8, 4) is 0 Å². The lowest BCUT2D eigenvalue weighted by molar-refractivity contribution is 0.00712. The summed E-state index contributed by atoms with van der Waals surface area (Å²) in [6.07, 6.45) is 4.00. The zero-order chi connectivity index (χ0) is 19.8. The summed E-state index contributed by atoms with van der Waals surface area (Å²) in [6.45, 7) is 10.1. The van der Waals surface area contributed by atoms with Crippen molar-refractivity contribution in [3.05, 3.63) is 22.4 Å². The van der Waals surface area contributed by atoms with Gasteiger partial charge in [0.2, 0.25) is 0 Å². The Balaban J connectivity index is 0.00000300. The second-order valence-corrected chi connectivity index (χ2v) is 9.15. The van der Waals surface area contributed by atoms with Crippen LogP contribution in [0.2, 0.25) is 0 Å². The largest absolute Gasteiger partial charge is 0.392 e. The van der Waals surface area contributed by atoms with Gasteiger partial charge < -0.3 is 20.5 Å². The van der Waals surface area contributed by atoms with E-state index in [1.807, 2.05) is 11.3 Å². The molecule has 1 aromatic heterocycles. The van der Waals surface area contributed by atoms with E-state index < -0.39 is 0 Å². The molecule has 1 aromatic rings. The van der Waals surface area contributed by atoms with Gasteiger partial charge in [0, 0.05) is 36.5 Å². The Kier molecular flexibility index (Phi) is 10.7. The van der Waals surface area contributed by atoms with Crippen LogP contribution in [0.5, 0.6) is 0 Å². The topological polar surface area (TPSA) is 69.1 Å². The molecule has 29 heavy (non-hydrogen) atoms. The summed E-state index contributed by atoms with van der Waals surface area (Å²) in [6, 6.07) is 4.66. The van der Waals surface area contributed by atoms with Gasteiger partial charge in [0.15, 0.2) is 5.96 Å². The van der Waals surface area contributed by atoms with Crippen LogP contribution in [0.4, 0.5) is 0 Å². The highest BCUT2D eigenvalue weighted by Gasteiger charge is 2.35. The quantitative estimate of drug-likeness (QED) is 0.284. The Hall–Kier alpha value is -0.420. The van der Waals surface area contributed by atoms with Crippen LogP contribution in [-0.4, -0.2) is 68.0 Å². The zero-order valence-corrected chi connectivity index (χ0v) is 20.9. The van der Waals surface area contributed by atoms with Crippen molar-refractivity contribution in [2.24, 2.45) is 10.4 Å². The Bertz CT molecular complexity index is 610. The standard InChI is InChI=1S/C21H36N4O2S.HI/c1-3-22-20(24-16-21(2)9-5-4-8-19(21)26)23-15-17(18-7-6-14-28-18)25-10-12-27-13-11-25;/h6-7,14,17,19,26H,3-5,8-13,15-16H2,1-2H3,(H2,22,23,24);1H. The number of aliphatic hydroxyl groups excluding tert-OH is 1. The number of nitrogens with one attached hydrogen (secondary N) is 2. The van der Waals surface area contributed by atoms with Crippen LogP contribution >= 0.6 is 35.3 Å². The van der Waals surface area contributed by atoms with E-state index in [1.54, 1.807) is 0 Å². The molecule has 3 N–H and O–H groups in total. The Labute approximate surface area is 196 Å². The molecule has 3 atom stereocenters. The van der Waals surface area contributed by atoms with Gasteiger partial charge in [0.25, 0.3) is 0 Å². The van der Waals surface area contributed by atoms with Crippen molar-refractivity contribution < 1.29 is 9.84 Å². The number of aliphatic hydroxyl groups is 1. The van der Waals surface area contributed by atoms with E-state index in [4.69, 9.17) is 9.73 Å². The average Bonchev–Trinajstić information content (AvgIpc) is 3.24. The van der Waals surface area contributed by atoms with Crippen molar-refractivity contribution in [2.75, 3.05) is 45.9 Å². The molecule has 0 spiro atoms. The van der Waals surface area contributed by atoms with E-state index >= 15 is 0 Å². The molecule has 0 aromatic carbocycles. The molecule has 3 rings (SSSR count). The molecule has 0 bridgehead atoms. The van der Waals surface area contributed by atoms with Gasteiger partial charge in [0.1, 0.15) is 0 Å². The van der Waals surface area contributed by atoms with E-state index in [2.05, 4.69) is 46.9 Å². The van der Waals surface area contributed by atoms with E-state index in [1.165, 1.54) is 11.3 Å². The molecular formula is C21H37IN4O2S. The molecular weight excluding hydrogens is 499 g/mol. The molecule has 1 saturated heterocycles. The zero-order valence-electron chi connectivity index (χ0n) is 17.7. The molecule has 8 heteroatoms. The molecule has 1 saturated carbocycles. The second kappa shape index (κ2) is 12.4. The van der Waals surface area contributed by atoms with Gasteiger partial charge in [-0.3, -0.25) is 9.89 Å². The molecule has 0 amide bonds. The number of aliphatic imine (C=N–C) groups is 1. The Morgan fingerprint density at radius 3 is 2.83 bits per heavy atom. The van der Waals surface area contributed by atoms with E-state index in [0.29, 0.717) is 12.6 Å². The predicted molar refractivity (Wildman–Crippen MR) is 131 cm³/mol. The van der Waals surface area contributed by atoms with Crippen LogP contribution in [0, 0.1) is 5.41 Å². The second-order valence-electron chi connectivity index (χ2n) is 8.17. The molecule has 0 radical (unpaired) electrons. The third-order valence-electron chi connectivity index (χ3n) is 6.04. The fourth-order valence-corrected chi connectivity index (χ4v) is 5.00. The number of ether oxygens (including phenoxy) is 1. The minimum atomic E-state index is -0.250. The summed E-state index contributed by atoms with van der Waals surface area (Å²) >= 11 is 1.81. The monoisotopic (exact) mass is 536 g/mol. The van der Waals surface area contributed by atoms with Crippen LogP contribution < -0.4 is 10.6 Å². The van der Waals surface area contributed by atoms with Gasteiger partial charge in [-0.25, -0.2) is 0 Å². The first-order valence-corrected chi connectivity index (χ1v) is 11.6. The Morgan fingerprint density at radius 1 is 1.38 bits per heavy atom. The lowest BCUT2D eigenvalue weighted by Crippen LogP contribution is -2.46. The number of nitrogens with zero attached hydrogens (tertiary/aromatic N) is 2. The highest BCUT2D eigenvalue weighted by molar-refractivity contribution is 14.0. The maximum absolute atomic E-state index is 10.5. The van der Waals surface area contributed by atoms with Crippen molar-refractivity contribution in [3.63, 3.8) is 0 Å². The molecule has 1 aliphatic carbocycles. The summed E-state index contributed by atoms with van der Waals surface area (Å²) in [4.78, 5) is 8.73. The van der Waals surface area contributed by atoms with Crippen LogP contribution in [0.15, 0.2) is 22.5 Å². The van der Waals surface area contributed by atoms with Crippen molar-refractivity contribution in [1.82, 2.24) is 15.5 Å².